The van der Waals surface area contributed by atoms with Crippen molar-refractivity contribution in [2.45, 2.75) is 0 Å². The van der Waals surface area contributed by atoms with E-state index < -0.39 is 5.82 Å². The zero-order valence-electron chi connectivity index (χ0n) is 20.0. The van der Waals surface area contributed by atoms with Crippen molar-refractivity contribution in [2.75, 3.05) is 12.4 Å². The van der Waals surface area contributed by atoms with Crippen molar-refractivity contribution in [1.82, 2.24) is 9.97 Å². The number of nitrogens with one attached hydrogen (secondary N) is 1. The molecule has 0 atom stereocenters. The summed E-state index contributed by atoms with van der Waals surface area (Å²) >= 11 is 6.16. The van der Waals surface area contributed by atoms with Gasteiger partial charge in [-0.05, 0) is 52.7 Å². The summed E-state index contributed by atoms with van der Waals surface area (Å²) in [6.07, 6.45) is 5.24. The predicted octanol–water partition coefficient (Wildman–Crippen LogP) is 8.68. The predicted molar refractivity (Wildman–Crippen MR) is 150 cm³/mol. The Morgan fingerprint density at radius 2 is 1.57 bits per heavy atom. The third kappa shape index (κ3) is 5.37. The Morgan fingerprint density at radius 1 is 0.784 bits per heavy atom. The van der Waals surface area contributed by atoms with Gasteiger partial charge in [-0.3, -0.25) is 4.98 Å². The van der Waals surface area contributed by atoms with Crippen LogP contribution in [0.2, 0.25) is 5.02 Å². The van der Waals surface area contributed by atoms with E-state index >= 15 is 0 Å². The first kappa shape index (κ1) is 24.2. The fraction of sp³-hybridized carbons (Fsp3) is 0.0323. The van der Waals surface area contributed by atoms with Gasteiger partial charge in [0.15, 0.2) is 11.6 Å². The van der Waals surface area contributed by atoms with Gasteiger partial charge in [-0.15, -0.1) is 0 Å². The Labute approximate surface area is 219 Å². The van der Waals surface area contributed by atoms with E-state index in [1.54, 1.807) is 24.5 Å². The molecule has 6 aromatic rings. The zero-order valence-corrected chi connectivity index (χ0v) is 20.8. The Bertz CT molecular complexity index is 1670. The lowest BCUT2D eigenvalue weighted by atomic mass is 10.0. The van der Waals surface area contributed by atoms with Crippen molar-refractivity contribution in [1.29, 1.82) is 0 Å². The van der Waals surface area contributed by atoms with E-state index in [2.05, 4.69) is 27.4 Å². The SMILES string of the molecule is COc1ccc(-c2cncc3c(Cl)cccc23)cc1F.c1ccc(Nc2nccc3ccccc23)cc1. The van der Waals surface area contributed by atoms with Crippen LogP contribution in [0.1, 0.15) is 0 Å². The quantitative estimate of drug-likeness (QED) is 0.259. The molecule has 0 aliphatic carbocycles. The monoisotopic (exact) mass is 507 g/mol. The van der Waals surface area contributed by atoms with Gasteiger partial charge < -0.3 is 10.1 Å². The number of rotatable bonds is 4. The molecule has 37 heavy (non-hydrogen) atoms. The number of hydrogen-bond acceptors (Lipinski definition) is 4. The number of nitrogens with zero attached hydrogens (tertiary/aromatic N) is 2. The van der Waals surface area contributed by atoms with Gasteiger partial charge in [-0.2, -0.15) is 0 Å². The van der Waals surface area contributed by atoms with Crippen LogP contribution >= 0.6 is 11.6 Å². The molecule has 0 fully saturated rings. The third-order valence-electron chi connectivity index (χ3n) is 5.92. The van der Waals surface area contributed by atoms with Crippen molar-refractivity contribution in [3.05, 3.63) is 126 Å². The van der Waals surface area contributed by atoms with Crippen LogP contribution in [0.15, 0.2) is 116 Å². The van der Waals surface area contributed by atoms with Gasteiger partial charge in [0.05, 0.1) is 7.11 Å². The number of anilines is 2. The molecule has 6 heteroatoms. The van der Waals surface area contributed by atoms with Crippen molar-refractivity contribution >= 4 is 44.7 Å². The van der Waals surface area contributed by atoms with Crippen LogP contribution in [-0.4, -0.2) is 17.1 Å². The van der Waals surface area contributed by atoms with Gasteiger partial charge in [0, 0.05) is 45.6 Å². The number of benzene rings is 4. The molecular weight excluding hydrogens is 485 g/mol. The number of pyridine rings is 2. The van der Waals surface area contributed by atoms with Crippen molar-refractivity contribution in [2.24, 2.45) is 0 Å². The van der Waals surface area contributed by atoms with Gasteiger partial charge in [-0.1, -0.05) is 72.3 Å². The average molecular weight is 508 g/mol. The highest BCUT2D eigenvalue weighted by molar-refractivity contribution is 6.35. The van der Waals surface area contributed by atoms with Crippen LogP contribution in [0.4, 0.5) is 15.9 Å². The molecule has 1 N–H and O–H groups in total. The summed E-state index contributed by atoms with van der Waals surface area (Å²) in [5, 5.41) is 8.09. The van der Waals surface area contributed by atoms with Crippen LogP contribution in [0.5, 0.6) is 5.75 Å². The number of ether oxygens (including phenoxy) is 1. The molecule has 0 bridgehead atoms. The van der Waals surface area contributed by atoms with Crippen LogP contribution in [0.3, 0.4) is 0 Å². The first-order chi connectivity index (χ1) is 18.1. The molecular formula is C31H23ClFN3O. The van der Waals surface area contributed by atoms with E-state index in [9.17, 15) is 4.39 Å². The molecule has 0 aliphatic rings. The molecule has 0 aliphatic heterocycles. The van der Waals surface area contributed by atoms with E-state index in [0.29, 0.717) is 5.02 Å². The molecule has 0 saturated heterocycles. The molecule has 0 amide bonds. The molecule has 6 rings (SSSR count). The normalized spacial score (nSPS) is 10.6. The van der Waals surface area contributed by atoms with Gasteiger partial charge >= 0.3 is 0 Å². The van der Waals surface area contributed by atoms with E-state index in [0.717, 1.165) is 38.8 Å². The lowest BCUT2D eigenvalue weighted by Crippen LogP contribution is -1.93. The van der Waals surface area contributed by atoms with E-state index in [1.165, 1.54) is 18.6 Å². The highest BCUT2D eigenvalue weighted by Crippen LogP contribution is 2.33. The minimum Gasteiger partial charge on any atom is -0.494 e. The van der Waals surface area contributed by atoms with Crippen molar-refractivity contribution < 1.29 is 9.13 Å². The van der Waals surface area contributed by atoms with Gasteiger partial charge in [0.25, 0.3) is 0 Å². The molecule has 2 aromatic heterocycles. The standard InChI is InChI=1S/C16H11ClFNO.C15H12N2/c1-20-16-6-5-10(7-15(16)18)12-8-19-9-13-11(12)3-2-4-14(13)17;1-2-7-13(8-3-1)17-15-14-9-5-4-6-12(14)10-11-16-15/h2-9H,1H3;1-11H,(H,16,17). The van der Waals surface area contributed by atoms with Crippen LogP contribution in [0.25, 0.3) is 32.7 Å². The number of hydrogen-bond donors (Lipinski definition) is 1. The van der Waals surface area contributed by atoms with Gasteiger partial charge in [0.1, 0.15) is 5.82 Å². The summed E-state index contributed by atoms with van der Waals surface area (Å²) < 4.78 is 18.8. The number of halogens is 2. The fourth-order valence-corrected chi connectivity index (χ4v) is 4.32. The molecule has 0 unspecified atom stereocenters. The minimum atomic E-state index is -0.399. The Morgan fingerprint density at radius 3 is 2.38 bits per heavy atom. The highest BCUT2D eigenvalue weighted by Gasteiger charge is 2.10. The minimum absolute atomic E-state index is 0.222. The fourth-order valence-electron chi connectivity index (χ4n) is 4.10. The smallest absolute Gasteiger partial charge is 0.165 e. The lowest BCUT2D eigenvalue weighted by Gasteiger charge is -2.09. The second-order valence-corrected chi connectivity index (χ2v) is 8.65. The second kappa shape index (κ2) is 11.1. The second-order valence-electron chi connectivity index (χ2n) is 8.24. The molecule has 182 valence electrons. The molecule has 4 nitrogen and oxygen atoms in total. The van der Waals surface area contributed by atoms with Crippen molar-refractivity contribution in [3.8, 4) is 16.9 Å². The first-order valence-electron chi connectivity index (χ1n) is 11.7. The highest BCUT2D eigenvalue weighted by atomic mass is 35.5. The van der Waals surface area contributed by atoms with Crippen LogP contribution in [0, 0.1) is 5.82 Å². The summed E-state index contributed by atoms with van der Waals surface area (Å²) in [6.45, 7) is 0. The Hall–Kier alpha value is -4.48. The third-order valence-corrected chi connectivity index (χ3v) is 6.25. The van der Waals surface area contributed by atoms with Crippen LogP contribution < -0.4 is 10.1 Å². The number of aromatic nitrogens is 2. The summed E-state index contributed by atoms with van der Waals surface area (Å²) in [4.78, 5) is 8.58. The summed E-state index contributed by atoms with van der Waals surface area (Å²) in [5.41, 5.74) is 2.63. The van der Waals surface area contributed by atoms with Crippen molar-refractivity contribution in [3.63, 3.8) is 0 Å². The van der Waals surface area contributed by atoms with E-state index in [1.807, 2.05) is 72.9 Å². The molecule has 2 heterocycles. The number of methoxy groups -OCH3 is 1. The Balaban J connectivity index is 0.000000153. The number of fused-ring (bicyclic) bond motifs is 2. The first-order valence-corrected chi connectivity index (χ1v) is 12.0. The summed E-state index contributed by atoms with van der Waals surface area (Å²) in [6, 6.07) is 30.8. The van der Waals surface area contributed by atoms with Gasteiger partial charge in [-0.25, -0.2) is 9.37 Å². The molecule has 0 radical (unpaired) electrons. The molecule has 0 saturated carbocycles. The maximum absolute atomic E-state index is 13.8. The van der Waals surface area contributed by atoms with E-state index in [-0.39, 0.29) is 5.75 Å². The lowest BCUT2D eigenvalue weighted by molar-refractivity contribution is 0.386. The summed E-state index contributed by atoms with van der Waals surface area (Å²) in [5.74, 6) is 0.721. The maximum atomic E-state index is 13.8. The average Bonchev–Trinajstić information content (AvgIpc) is 2.94. The summed E-state index contributed by atoms with van der Waals surface area (Å²) in [7, 11) is 1.44. The number of para-hydroxylation sites is 1. The molecule has 4 aromatic carbocycles. The Kier molecular flexibility index (Phi) is 7.24. The van der Waals surface area contributed by atoms with Crippen LogP contribution in [-0.2, 0) is 0 Å². The maximum Gasteiger partial charge on any atom is 0.165 e. The molecule has 0 spiro atoms. The topological polar surface area (TPSA) is 47.0 Å². The zero-order chi connectivity index (χ0) is 25.6. The van der Waals surface area contributed by atoms with E-state index in [4.69, 9.17) is 16.3 Å². The largest absolute Gasteiger partial charge is 0.494 e. The van der Waals surface area contributed by atoms with Gasteiger partial charge in [0.2, 0.25) is 0 Å².